The number of rotatable bonds is 3. The second-order valence-corrected chi connectivity index (χ2v) is 6.99. The highest BCUT2D eigenvalue weighted by Gasteiger charge is 2.23. The van der Waals surface area contributed by atoms with Crippen LogP contribution < -0.4 is 15.1 Å². The fourth-order valence-corrected chi connectivity index (χ4v) is 3.60. The highest BCUT2D eigenvalue weighted by Crippen LogP contribution is 2.22. The molecule has 2 saturated heterocycles. The van der Waals surface area contributed by atoms with E-state index < -0.39 is 11.6 Å². The zero-order valence-electron chi connectivity index (χ0n) is 15.4. The normalized spacial score (nSPS) is 17.1. The van der Waals surface area contributed by atoms with E-state index in [2.05, 4.69) is 25.1 Å². The molecule has 7 nitrogen and oxygen atoms in total. The summed E-state index contributed by atoms with van der Waals surface area (Å²) in [6.07, 6.45) is 3.95. The van der Waals surface area contributed by atoms with Gasteiger partial charge in [0, 0.05) is 57.1 Å². The SMILES string of the molecule is O=C(Nc1cc(F)cc(F)c1)N1CCN(c2cc(N3CCCC3)ncn2)CC1. The van der Waals surface area contributed by atoms with Gasteiger partial charge in [0.15, 0.2) is 0 Å². The molecule has 28 heavy (non-hydrogen) atoms. The van der Waals surface area contributed by atoms with Crippen molar-refractivity contribution >= 4 is 23.4 Å². The fourth-order valence-electron chi connectivity index (χ4n) is 3.60. The van der Waals surface area contributed by atoms with Crippen molar-refractivity contribution in [2.24, 2.45) is 0 Å². The van der Waals surface area contributed by atoms with Gasteiger partial charge in [-0.1, -0.05) is 0 Å². The van der Waals surface area contributed by atoms with Crippen molar-refractivity contribution in [3.8, 4) is 0 Å². The first-order valence-electron chi connectivity index (χ1n) is 9.42. The number of carbonyl (C=O) groups excluding carboxylic acids is 1. The summed E-state index contributed by atoms with van der Waals surface area (Å²) in [6.45, 7) is 4.28. The third-order valence-electron chi connectivity index (χ3n) is 5.07. The van der Waals surface area contributed by atoms with E-state index in [1.54, 1.807) is 11.2 Å². The molecular weight excluding hydrogens is 366 g/mol. The van der Waals surface area contributed by atoms with Crippen molar-refractivity contribution in [2.75, 3.05) is 54.4 Å². The molecule has 2 amide bonds. The van der Waals surface area contributed by atoms with E-state index in [1.807, 2.05) is 6.07 Å². The van der Waals surface area contributed by atoms with Gasteiger partial charge in [-0.2, -0.15) is 0 Å². The minimum absolute atomic E-state index is 0.107. The number of nitrogens with one attached hydrogen (secondary N) is 1. The second kappa shape index (κ2) is 7.95. The van der Waals surface area contributed by atoms with Crippen molar-refractivity contribution in [3.05, 3.63) is 42.2 Å². The Morgan fingerprint density at radius 1 is 0.821 bits per heavy atom. The van der Waals surface area contributed by atoms with Crippen LogP contribution in [0.2, 0.25) is 0 Å². The van der Waals surface area contributed by atoms with E-state index in [0.29, 0.717) is 26.2 Å². The molecule has 2 aliphatic rings. The summed E-state index contributed by atoms with van der Waals surface area (Å²) in [5, 5.41) is 2.55. The predicted octanol–water partition coefficient (Wildman–Crippen LogP) is 2.71. The van der Waals surface area contributed by atoms with E-state index in [4.69, 9.17) is 0 Å². The largest absolute Gasteiger partial charge is 0.356 e. The van der Waals surface area contributed by atoms with Crippen molar-refractivity contribution < 1.29 is 13.6 Å². The van der Waals surface area contributed by atoms with Gasteiger partial charge in [-0.3, -0.25) is 0 Å². The number of aromatic nitrogens is 2. The number of hydrogen-bond donors (Lipinski definition) is 1. The zero-order chi connectivity index (χ0) is 19.5. The molecule has 1 aromatic carbocycles. The summed E-state index contributed by atoms with van der Waals surface area (Å²) in [6, 6.07) is 4.59. The molecule has 0 unspecified atom stereocenters. The minimum Gasteiger partial charge on any atom is -0.356 e. The summed E-state index contributed by atoms with van der Waals surface area (Å²) in [7, 11) is 0. The number of amides is 2. The van der Waals surface area contributed by atoms with Gasteiger partial charge in [0.1, 0.15) is 29.6 Å². The predicted molar refractivity (Wildman–Crippen MR) is 103 cm³/mol. The maximum Gasteiger partial charge on any atom is 0.321 e. The van der Waals surface area contributed by atoms with Gasteiger partial charge >= 0.3 is 6.03 Å². The van der Waals surface area contributed by atoms with E-state index in [1.165, 1.54) is 12.8 Å². The molecule has 0 radical (unpaired) electrons. The molecule has 4 rings (SSSR count). The van der Waals surface area contributed by atoms with Crippen LogP contribution in [0.1, 0.15) is 12.8 Å². The van der Waals surface area contributed by atoms with E-state index in [9.17, 15) is 13.6 Å². The molecule has 0 atom stereocenters. The van der Waals surface area contributed by atoms with Crippen molar-refractivity contribution in [3.63, 3.8) is 0 Å². The molecule has 2 aromatic rings. The third-order valence-corrected chi connectivity index (χ3v) is 5.07. The molecule has 2 fully saturated rings. The number of benzene rings is 1. The number of anilines is 3. The molecule has 1 N–H and O–H groups in total. The van der Waals surface area contributed by atoms with Crippen LogP contribution in [-0.4, -0.2) is 60.2 Å². The molecule has 3 heterocycles. The van der Waals surface area contributed by atoms with Gasteiger partial charge in [0.25, 0.3) is 0 Å². The van der Waals surface area contributed by atoms with Crippen LogP contribution in [0.4, 0.5) is 30.9 Å². The van der Waals surface area contributed by atoms with Crippen molar-refractivity contribution in [1.29, 1.82) is 0 Å². The summed E-state index contributed by atoms with van der Waals surface area (Å²) >= 11 is 0. The van der Waals surface area contributed by atoms with Crippen LogP contribution in [0.5, 0.6) is 0 Å². The Kier molecular flexibility index (Phi) is 5.23. The van der Waals surface area contributed by atoms with Gasteiger partial charge in [-0.05, 0) is 25.0 Å². The summed E-state index contributed by atoms with van der Waals surface area (Å²) in [5.74, 6) is 0.343. The molecule has 148 valence electrons. The number of carbonyl (C=O) groups is 1. The highest BCUT2D eigenvalue weighted by molar-refractivity contribution is 5.89. The number of hydrogen-bond acceptors (Lipinski definition) is 5. The maximum atomic E-state index is 13.3. The van der Waals surface area contributed by atoms with Crippen LogP contribution in [0.3, 0.4) is 0 Å². The monoisotopic (exact) mass is 388 g/mol. The van der Waals surface area contributed by atoms with Crippen molar-refractivity contribution in [1.82, 2.24) is 14.9 Å². The third kappa shape index (κ3) is 4.13. The standard InChI is InChI=1S/C19H22F2N6O/c20-14-9-15(21)11-16(10-14)24-19(28)27-7-5-26(6-8-27)18-12-17(22-13-23-18)25-3-1-2-4-25/h9-13H,1-8H2,(H,24,28). The van der Waals surface area contributed by atoms with Crippen LogP contribution in [-0.2, 0) is 0 Å². The average molecular weight is 388 g/mol. The van der Waals surface area contributed by atoms with Gasteiger partial charge in [-0.25, -0.2) is 23.5 Å². The zero-order valence-corrected chi connectivity index (χ0v) is 15.4. The highest BCUT2D eigenvalue weighted by atomic mass is 19.1. The fraction of sp³-hybridized carbons (Fsp3) is 0.421. The number of piperazine rings is 1. The summed E-state index contributed by atoms with van der Waals surface area (Å²) in [5.41, 5.74) is 0.107. The molecule has 0 spiro atoms. The maximum absolute atomic E-state index is 13.3. The lowest BCUT2D eigenvalue weighted by atomic mass is 10.3. The Bertz CT molecular complexity index is 830. The Hall–Kier alpha value is -2.97. The number of urea groups is 1. The van der Waals surface area contributed by atoms with Crippen molar-refractivity contribution in [2.45, 2.75) is 12.8 Å². The first-order chi connectivity index (χ1) is 13.6. The molecule has 9 heteroatoms. The number of nitrogens with zero attached hydrogens (tertiary/aromatic N) is 5. The van der Waals surface area contributed by atoms with Crippen LogP contribution in [0.25, 0.3) is 0 Å². The Morgan fingerprint density at radius 3 is 2.00 bits per heavy atom. The lowest BCUT2D eigenvalue weighted by Crippen LogP contribution is -2.50. The first kappa shape index (κ1) is 18.4. The Morgan fingerprint density at radius 2 is 1.39 bits per heavy atom. The molecule has 0 bridgehead atoms. The average Bonchev–Trinajstić information content (AvgIpc) is 3.22. The van der Waals surface area contributed by atoms with Gasteiger partial charge in [0.05, 0.1) is 0 Å². The van der Waals surface area contributed by atoms with Crippen LogP contribution >= 0.6 is 0 Å². The lowest BCUT2D eigenvalue weighted by molar-refractivity contribution is 0.208. The molecule has 0 saturated carbocycles. The topological polar surface area (TPSA) is 64.6 Å². The smallest absolute Gasteiger partial charge is 0.321 e. The van der Waals surface area contributed by atoms with Gasteiger partial charge in [0.2, 0.25) is 0 Å². The quantitative estimate of drug-likeness (QED) is 0.876. The lowest BCUT2D eigenvalue weighted by Gasteiger charge is -2.35. The Labute approximate surface area is 162 Å². The first-order valence-corrected chi connectivity index (χ1v) is 9.42. The molecule has 2 aliphatic heterocycles. The summed E-state index contributed by atoms with van der Waals surface area (Å²) < 4.78 is 26.6. The Balaban J connectivity index is 1.35. The van der Waals surface area contributed by atoms with E-state index in [0.717, 1.165) is 42.9 Å². The van der Waals surface area contributed by atoms with Gasteiger partial charge < -0.3 is 20.0 Å². The summed E-state index contributed by atoms with van der Waals surface area (Å²) in [4.78, 5) is 27.1. The minimum atomic E-state index is -0.724. The van der Waals surface area contributed by atoms with E-state index in [-0.39, 0.29) is 11.7 Å². The van der Waals surface area contributed by atoms with Crippen LogP contribution in [0, 0.1) is 11.6 Å². The van der Waals surface area contributed by atoms with Gasteiger partial charge in [-0.15, -0.1) is 0 Å². The number of halogens is 2. The molecular formula is C19H22F2N6O. The van der Waals surface area contributed by atoms with E-state index >= 15 is 0 Å². The molecule has 1 aromatic heterocycles. The molecule has 0 aliphatic carbocycles. The second-order valence-electron chi connectivity index (χ2n) is 6.99. The van der Waals surface area contributed by atoms with Crippen LogP contribution in [0.15, 0.2) is 30.6 Å².